The van der Waals surface area contributed by atoms with Gasteiger partial charge in [-0.1, -0.05) is 42.5 Å². The van der Waals surface area contributed by atoms with Gasteiger partial charge in [0.1, 0.15) is 11.9 Å². The SMILES string of the molecule is C[C@@]1(NC(=O)c2ccccc2OCCc2ccccc2)CCOC2(CCNCC2)[C@H]1O. The Kier molecular flexibility index (Phi) is 6.60. The number of aliphatic hydroxyl groups excluding tert-OH is 1. The predicted octanol–water partition coefficient (Wildman–Crippen LogP) is 2.70. The van der Waals surface area contributed by atoms with Crippen molar-refractivity contribution in [2.45, 2.75) is 49.9 Å². The minimum Gasteiger partial charge on any atom is -0.492 e. The van der Waals surface area contributed by atoms with Crippen molar-refractivity contribution in [3.63, 3.8) is 0 Å². The van der Waals surface area contributed by atoms with Crippen LogP contribution in [0.4, 0.5) is 0 Å². The van der Waals surface area contributed by atoms with Gasteiger partial charge in [-0.25, -0.2) is 0 Å². The van der Waals surface area contributed by atoms with Crippen LogP contribution in [0.1, 0.15) is 42.1 Å². The number of piperidine rings is 1. The van der Waals surface area contributed by atoms with Gasteiger partial charge in [0, 0.05) is 13.0 Å². The van der Waals surface area contributed by atoms with Crippen LogP contribution in [0, 0.1) is 0 Å². The minimum atomic E-state index is -0.772. The first-order valence-electron chi connectivity index (χ1n) is 11.1. The summed E-state index contributed by atoms with van der Waals surface area (Å²) in [5.74, 6) is 0.320. The van der Waals surface area contributed by atoms with Gasteiger partial charge in [0.05, 0.1) is 23.3 Å². The maximum atomic E-state index is 13.2. The highest BCUT2D eigenvalue weighted by molar-refractivity contribution is 5.97. The molecule has 3 N–H and O–H groups in total. The molecule has 2 heterocycles. The molecule has 1 amide bonds. The van der Waals surface area contributed by atoms with E-state index in [2.05, 4.69) is 22.8 Å². The Hall–Kier alpha value is -2.41. The lowest BCUT2D eigenvalue weighted by Gasteiger charge is -2.52. The molecule has 0 saturated carbocycles. The van der Waals surface area contributed by atoms with E-state index in [1.165, 1.54) is 5.56 Å². The molecule has 2 aliphatic rings. The number of ether oxygens (including phenoxy) is 2. The van der Waals surface area contributed by atoms with Gasteiger partial charge in [-0.15, -0.1) is 0 Å². The van der Waals surface area contributed by atoms with E-state index in [-0.39, 0.29) is 5.91 Å². The predicted molar refractivity (Wildman–Crippen MR) is 119 cm³/mol. The molecular formula is C25H32N2O4. The van der Waals surface area contributed by atoms with Gasteiger partial charge < -0.3 is 25.2 Å². The van der Waals surface area contributed by atoms with Crippen LogP contribution in [-0.4, -0.2) is 54.6 Å². The average molecular weight is 425 g/mol. The van der Waals surface area contributed by atoms with Crippen LogP contribution in [0.5, 0.6) is 5.75 Å². The second kappa shape index (κ2) is 9.39. The largest absolute Gasteiger partial charge is 0.492 e. The van der Waals surface area contributed by atoms with Gasteiger partial charge in [0.25, 0.3) is 5.91 Å². The topological polar surface area (TPSA) is 79.8 Å². The maximum Gasteiger partial charge on any atom is 0.255 e. The third-order valence-corrected chi connectivity index (χ3v) is 6.58. The Bertz CT molecular complexity index is 877. The maximum absolute atomic E-state index is 13.2. The lowest BCUT2D eigenvalue weighted by Crippen LogP contribution is -2.69. The zero-order chi connectivity index (χ0) is 21.7. The molecule has 2 aromatic carbocycles. The summed E-state index contributed by atoms with van der Waals surface area (Å²) in [6, 6.07) is 17.4. The molecule has 31 heavy (non-hydrogen) atoms. The van der Waals surface area contributed by atoms with E-state index in [0.717, 1.165) is 32.4 Å². The van der Waals surface area contributed by atoms with Gasteiger partial charge in [-0.3, -0.25) is 4.79 Å². The van der Waals surface area contributed by atoms with E-state index in [0.29, 0.717) is 30.9 Å². The molecule has 0 aromatic heterocycles. The van der Waals surface area contributed by atoms with E-state index in [9.17, 15) is 9.90 Å². The van der Waals surface area contributed by atoms with Crippen LogP contribution in [0.15, 0.2) is 54.6 Å². The molecule has 4 rings (SSSR count). The van der Waals surface area contributed by atoms with Crippen molar-refractivity contribution in [3.8, 4) is 5.75 Å². The average Bonchev–Trinajstić information content (AvgIpc) is 2.79. The summed E-state index contributed by atoms with van der Waals surface area (Å²) in [5, 5.41) is 17.7. The number of para-hydroxylation sites is 1. The van der Waals surface area contributed by atoms with Gasteiger partial charge >= 0.3 is 0 Å². The number of amides is 1. The molecule has 166 valence electrons. The Labute approximate surface area is 184 Å². The Balaban J connectivity index is 1.44. The number of carbonyl (C=O) groups excluding carboxylic acids is 1. The lowest BCUT2D eigenvalue weighted by molar-refractivity contribution is -0.197. The molecular weight excluding hydrogens is 392 g/mol. The zero-order valence-corrected chi connectivity index (χ0v) is 18.1. The summed E-state index contributed by atoms with van der Waals surface area (Å²) < 4.78 is 12.0. The third-order valence-electron chi connectivity index (χ3n) is 6.58. The number of rotatable bonds is 6. The van der Waals surface area contributed by atoms with Crippen LogP contribution >= 0.6 is 0 Å². The van der Waals surface area contributed by atoms with Crippen molar-refractivity contribution in [2.75, 3.05) is 26.3 Å². The highest BCUT2D eigenvalue weighted by Crippen LogP contribution is 2.39. The molecule has 0 bridgehead atoms. The first-order chi connectivity index (χ1) is 15.0. The van der Waals surface area contributed by atoms with Crippen LogP contribution in [0.2, 0.25) is 0 Å². The van der Waals surface area contributed by atoms with E-state index in [1.807, 2.05) is 43.3 Å². The highest BCUT2D eigenvalue weighted by atomic mass is 16.5. The molecule has 2 atom stereocenters. The number of aliphatic hydroxyl groups is 1. The van der Waals surface area contributed by atoms with Gasteiger partial charge in [0.15, 0.2) is 0 Å². The third kappa shape index (κ3) is 4.76. The van der Waals surface area contributed by atoms with Gasteiger partial charge in [-0.2, -0.15) is 0 Å². The Morgan fingerprint density at radius 2 is 1.84 bits per heavy atom. The molecule has 6 nitrogen and oxygen atoms in total. The van der Waals surface area contributed by atoms with Gasteiger partial charge in [0.2, 0.25) is 0 Å². The van der Waals surface area contributed by atoms with Crippen molar-refractivity contribution in [3.05, 3.63) is 65.7 Å². The molecule has 0 aliphatic carbocycles. The summed E-state index contributed by atoms with van der Waals surface area (Å²) in [4.78, 5) is 13.2. The highest BCUT2D eigenvalue weighted by Gasteiger charge is 2.53. The number of hydrogen-bond donors (Lipinski definition) is 3. The fourth-order valence-corrected chi connectivity index (χ4v) is 4.69. The first kappa shape index (κ1) is 21.8. The van der Waals surface area contributed by atoms with E-state index < -0.39 is 17.2 Å². The summed E-state index contributed by atoms with van der Waals surface area (Å²) >= 11 is 0. The van der Waals surface area contributed by atoms with Crippen LogP contribution in [-0.2, 0) is 11.2 Å². The summed E-state index contributed by atoms with van der Waals surface area (Å²) in [6.45, 7) is 4.53. The smallest absolute Gasteiger partial charge is 0.255 e. The van der Waals surface area contributed by atoms with Crippen LogP contribution in [0.25, 0.3) is 0 Å². The molecule has 2 aromatic rings. The van der Waals surface area contributed by atoms with Crippen molar-refractivity contribution in [1.29, 1.82) is 0 Å². The van der Waals surface area contributed by atoms with E-state index in [4.69, 9.17) is 9.47 Å². The van der Waals surface area contributed by atoms with Crippen molar-refractivity contribution in [1.82, 2.24) is 10.6 Å². The van der Waals surface area contributed by atoms with Crippen molar-refractivity contribution < 1.29 is 19.4 Å². The number of carbonyl (C=O) groups is 1. The molecule has 2 fully saturated rings. The number of benzene rings is 2. The van der Waals surface area contributed by atoms with Crippen LogP contribution in [0.3, 0.4) is 0 Å². The fourth-order valence-electron chi connectivity index (χ4n) is 4.69. The quantitative estimate of drug-likeness (QED) is 0.665. The Morgan fingerprint density at radius 1 is 1.13 bits per heavy atom. The molecule has 0 unspecified atom stereocenters. The lowest BCUT2D eigenvalue weighted by atomic mass is 9.73. The normalized spacial score (nSPS) is 25.2. The summed E-state index contributed by atoms with van der Waals surface area (Å²) in [6.07, 6.45) is 2.02. The molecule has 2 saturated heterocycles. The molecule has 1 spiro atoms. The minimum absolute atomic E-state index is 0.233. The van der Waals surface area contributed by atoms with E-state index >= 15 is 0 Å². The van der Waals surface area contributed by atoms with Crippen molar-refractivity contribution >= 4 is 5.91 Å². The number of hydrogen-bond acceptors (Lipinski definition) is 5. The summed E-state index contributed by atoms with van der Waals surface area (Å²) in [7, 11) is 0. The Morgan fingerprint density at radius 3 is 2.61 bits per heavy atom. The second-order valence-electron chi connectivity index (χ2n) is 8.77. The van der Waals surface area contributed by atoms with E-state index in [1.54, 1.807) is 6.07 Å². The molecule has 2 aliphatic heterocycles. The van der Waals surface area contributed by atoms with Crippen molar-refractivity contribution in [2.24, 2.45) is 0 Å². The second-order valence-corrected chi connectivity index (χ2v) is 8.77. The zero-order valence-electron chi connectivity index (χ0n) is 18.1. The van der Waals surface area contributed by atoms with Crippen LogP contribution < -0.4 is 15.4 Å². The van der Waals surface area contributed by atoms with Gasteiger partial charge in [-0.05, 0) is 57.0 Å². The monoisotopic (exact) mass is 424 g/mol. The molecule has 6 heteroatoms. The fraction of sp³-hybridized carbons (Fsp3) is 0.480. The standard InChI is InChI=1S/C25H32N2O4/c1-24(14-18-31-25(23(24)29)12-15-26-16-13-25)27-22(28)20-9-5-6-10-21(20)30-17-11-19-7-3-2-4-8-19/h2-10,23,26,29H,11-18H2,1H3,(H,27,28)/t23-,24+/m0/s1. The molecule has 0 radical (unpaired) electrons. The number of nitrogens with one attached hydrogen (secondary N) is 2. The summed E-state index contributed by atoms with van der Waals surface area (Å²) in [5.41, 5.74) is 0.311. The first-order valence-corrected chi connectivity index (χ1v) is 11.1.